The average Bonchev–Trinajstić information content (AvgIpc) is 2.24. The van der Waals surface area contributed by atoms with Gasteiger partial charge >= 0.3 is 0 Å². The first-order chi connectivity index (χ1) is 7.54. The van der Waals surface area contributed by atoms with Gasteiger partial charge in [-0.05, 0) is 43.5 Å². The summed E-state index contributed by atoms with van der Waals surface area (Å²) in [7, 11) is 0. The van der Waals surface area contributed by atoms with E-state index in [0.29, 0.717) is 6.61 Å². The Morgan fingerprint density at radius 3 is 2.69 bits per heavy atom. The molecule has 4 nitrogen and oxygen atoms in total. The topological polar surface area (TPSA) is 64.3 Å². The summed E-state index contributed by atoms with van der Waals surface area (Å²) in [5, 5.41) is 0. The smallest absolute Gasteiger partial charge is 0.237 e. The molecule has 0 saturated heterocycles. The third-order valence-corrected chi connectivity index (χ3v) is 2.51. The molecule has 16 heavy (non-hydrogen) atoms. The van der Waals surface area contributed by atoms with Crippen molar-refractivity contribution in [3.05, 3.63) is 28.8 Å². The van der Waals surface area contributed by atoms with E-state index in [9.17, 15) is 4.79 Å². The number of rotatable bonds is 4. The molecule has 1 aromatic carbocycles. The van der Waals surface area contributed by atoms with E-state index >= 15 is 0 Å². The van der Waals surface area contributed by atoms with Gasteiger partial charge in [-0.25, -0.2) is 5.84 Å². The number of aryl methyl sites for hydroxylation is 2. The Bertz CT molecular complexity index is 389. The monoisotopic (exact) mass is 222 g/mol. The van der Waals surface area contributed by atoms with Gasteiger partial charge in [0.1, 0.15) is 5.75 Å². The molecule has 1 aromatic rings. The lowest BCUT2D eigenvalue weighted by Crippen LogP contribution is -2.31. The summed E-state index contributed by atoms with van der Waals surface area (Å²) in [6.07, 6.45) is 0.267. The number of nitrogens with two attached hydrogens (primary N) is 1. The fourth-order valence-electron chi connectivity index (χ4n) is 1.48. The number of hydrazine groups is 1. The maximum absolute atomic E-state index is 10.9. The maximum Gasteiger partial charge on any atom is 0.237 e. The summed E-state index contributed by atoms with van der Waals surface area (Å²) in [5.41, 5.74) is 5.53. The van der Waals surface area contributed by atoms with Gasteiger partial charge in [0.15, 0.2) is 0 Å². The second kappa shape index (κ2) is 5.51. The van der Waals surface area contributed by atoms with Gasteiger partial charge in [0.2, 0.25) is 5.91 Å². The number of carbonyl (C=O) groups is 1. The summed E-state index contributed by atoms with van der Waals surface area (Å²) in [6, 6.07) is 4.08. The van der Waals surface area contributed by atoms with Crippen molar-refractivity contribution in [2.45, 2.75) is 27.2 Å². The maximum atomic E-state index is 10.9. The van der Waals surface area contributed by atoms with E-state index in [2.05, 4.69) is 11.5 Å². The summed E-state index contributed by atoms with van der Waals surface area (Å²) < 4.78 is 5.55. The number of benzene rings is 1. The fraction of sp³-hybridized carbons (Fsp3) is 0.417. The first kappa shape index (κ1) is 12.5. The highest BCUT2D eigenvalue weighted by Crippen LogP contribution is 2.23. The molecule has 4 heteroatoms. The van der Waals surface area contributed by atoms with Gasteiger partial charge < -0.3 is 4.74 Å². The van der Waals surface area contributed by atoms with Crippen molar-refractivity contribution in [1.29, 1.82) is 0 Å². The van der Waals surface area contributed by atoms with Gasteiger partial charge in [0.25, 0.3) is 0 Å². The van der Waals surface area contributed by atoms with Gasteiger partial charge in [-0.1, -0.05) is 6.07 Å². The molecule has 0 atom stereocenters. The molecule has 0 unspecified atom stereocenters. The number of ether oxygens (including phenoxy) is 1. The van der Waals surface area contributed by atoms with Crippen molar-refractivity contribution >= 4 is 5.91 Å². The lowest BCUT2D eigenvalue weighted by atomic mass is 10.1. The molecule has 3 N–H and O–H groups in total. The van der Waals surface area contributed by atoms with Crippen LogP contribution >= 0.6 is 0 Å². The number of amides is 1. The van der Waals surface area contributed by atoms with Crippen LogP contribution in [-0.4, -0.2) is 12.5 Å². The second-order valence-corrected chi connectivity index (χ2v) is 3.87. The van der Waals surface area contributed by atoms with Crippen LogP contribution in [0.15, 0.2) is 12.1 Å². The molecule has 0 aliphatic rings. The van der Waals surface area contributed by atoms with Crippen LogP contribution in [0.4, 0.5) is 0 Å². The lowest BCUT2D eigenvalue weighted by molar-refractivity contribution is -0.121. The molecular weight excluding hydrogens is 204 g/mol. The van der Waals surface area contributed by atoms with E-state index in [1.54, 1.807) is 0 Å². The SMILES string of the molecule is Cc1cc(C)c(C)c(OCCC(=O)NN)c1. The molecule has 1 rings (SSSR count). The molecule has 0 aliphatic heterocycles. The Kier molecular flexibility index (Phi) is 4.31. The number of hydrogen-bond donors (Lipinski definition) is 2. The second-order valence-electron chi connectivity index (χ2n) is 3.87. The first-order valence-corrected chi connectivity index (χ1v) is 5.24. The van der Waals surface area contributed by atoms with Crippen molar-refractivity contribution in [2.24, 2.45) is 5.84 Å². The summed E-state index contributed by atoms with van der Waals surface area (Å²) in [6.45, 7) is 6.41. The standard InChI is InChI=1S/C12H18N2O2/c1-8-6-9(2)10(3)11(7-8)16-5-4-12(15)14-13/h6-7H,4-5,13H2,1-3H3,(H,14,15). The van der Waals surface area contributed by atoms with E-state index in [1.807, 2.05) is 26.8 Å². The predicted octanol–water partition coefficient (Wildman–Crippen LogP) is 1.37. The Balaban J connectivity index is 2.63. The van der Waals surface area contributed by atoms with Crippen molar-refractivity contribution in [1.82, 2.24) is 5.43 Å². The quantitative estimate of drug-likeness (QED) is 0.459. The van der Waals surface area contributed by atoms with Gasteiger partial charge in [-0.3, -0.25) is 10.2 Å². The highest BCUT2D eigenvalue weighted by atomic mass is 16.5. The van der Waals surface area contributed by atoms with Crippen molar-refractivity contribution in [3.63, 3.8) is 0 Å². The van der Waals surface area contributed by atoms with E-state index in [0.717, 1.165) is 16.9 Å². The van der Waals surface area contributed by atoms with E-state index in [-0.39, 0.29) is 12.3 Å². The zero-order valence-corrected chi connectivity index (χ0v) is 9.96. The summed E-state index contributed by atoms with van der Waals surface area (Å²) in [4.78, 5) is 10.9. The molecule has 0 aliphatic carbocycles. The van der Waals surface area contributed by atoms with E-state index < -0.39 is 0 Å². The van der Waals surface area contributed by atoms with Crippen LogP contribution < -0.4 is 16.0 Å². The van der Waals surface area contributed by atoms with Crippen molar-refractivity contribution in [3.8, 4) is 5.75 Å². The Hall–Kier alpha value is -1.55. The molecule has 0 radical (unpaired) electrons. The van der Waals surface area contributed by atoms with Crippen LogP contribution in [0, 0.1) is 20.8 Å². The molecule has 0 spiro atoms. The van der Waals surface area contributed by atoms with Gasteiger partial charge in [-0.15, -0.1) is 0 Å². The predicted molar refractivity (Wildman–Crippen MR) is 63.1 cm³/mol. The van der Waals surface area contributed by atoms with Crippen LogP contribution in [0.1, 0.15) is 23.1 Å². The Morgan fingerprint density at radius 2 is 2.06 bits per heavy atom. The average molecular weight is 222 g/mol. The zero-order valence-electron chi connectivity index (χ0n) is 9.96. The van der Waals surface area contributed by atoms with Crippen LogP contribution in [0.3, 0.4) is 0 Å². The van der Waals surface area contributed by atoms with Crippen LogP contribution in [-0.2, 0) is 4.79 Å². The van der Waals surface area contributed by atoms with Crippen LogP contribution in [0.5, 0.6) is 5.75 Å². The van der Waals surface area contributed by atoms with Crippen LogP contribution in [0.25, 0.3) is 0 Å². The summed E-state index contributed by atoms with van der Waals surface area (Å²) >= 11 is 0. The third kappa shape index (κ3) is 3.24. The molecule has 1 amide bonds. The molecule has 0 fully saturated rings. The molecule has 0 bridgehead atoms. The minimum Gasteiger partial charge on any atom is -0.493 e. The lowest BCUT2D eigenvalue weighted by Gasteiger charge is -2.11. The highest BCUT2D eigenvalue weighted by molar-refractivity contribution is 5.75. The Labute approximate surface area is 95.8 Å². The van der Waals surface area contributed by atoms with Crippen LogP contribution in [0.2, 0.25) is 0 Å². The van der Waals surface area contributed by atoms with E-state index in [1.165, 1.54) is 5.56 Å². The number of carbonyl (C=O) groups excluding carboxylic acids is 1. The molecule has 0 aromatic heterocycles. The molecular formula is C12H18N2O2. The highest BCUT2D eigenvalue weighted by Gasteiger charge is 2.05. The van der Waals surface area contributed by atoms with Gasteiger partial charge in [0, 0.05) is 0 Å². The molecule has 0 saturated carbocycles. The molecule has 0 heterocycles. The normalized spacial score (nSPS) is 10.0. The molecule has 88 valence electrons. The largest absolute Gasteiger partial charge is 0.493 e. The summed E-state index contributed by atoms with van der Waals surface area (Å²) in [5.74, 6) is 5.59. The first-order valence-electron chi connectivity index (χ1n) is 5.24. The minimum atomic E-state index is -0.220. The number of hydrogen-bond acceptors (Lipinski definition) is 3. The van der Waals surface area contributed by atoms with E-state index in [4.69, 9.17) is 10.6 Å². The van der Waals surface area contributed by atoms with Gasteiger partial charge in [-0.2, -0.15) is 0 Å². The van der Waals surface area contributed by atoms with Crippen molar-refractivity contribution < 1.29 is 9.53 Å². The third-order valence-electron chi connectivity index (χ3n) is 2.51. The van der Waals surface area contributed by atoms with Crippen molar-refractivity contribution in [2.75, 3.05) is 6.61 Å². The van der Waals surface area contributed by atoms with Gasteiger partial charge in [0.05, 0.1) is 13.0 Å². The zero-order chi connectivity index (χ0) is 12.1. The number of nitrogens with one attached hydrogen (secondary N) is 1. The minimum absolute atomic E-state index is 0.220. The fourth-order valence-corrected chi connectivity index (χ4v) is 1.48. The Morgan fingerprint density at radius 1 is 1.38 bits per heavy atom.